The zero-order valence-corrected chi connectivity index (χ0v) is 13.7. The average molecular weight is 331 g/mol. The van der Waals surface area contributed by atoms with E-state index in [1.165, 1.54) is 0 Å². The molecule has 0 saturated carbocycles. The van der Waals surface area contributed by atoms with E-state index in [-0.39, 0.29) is 19.1 Å². The number of carbonyl (C=O) groups excluding carboxylic acids is 1. The van der Waals surface area contributed by atoms with Gasteiger partial charge in [0.05, 0.1) is 6.20 Å². The van der Waals surface area contributed by atoms with Crippen molar-refractivity contribution >= 4 is 12.1 Å². The van der Waals surface area contributed by atoms with Crippen molar-refractivity contribution in [3.8, 4) is 0 Å². The van der Waals surface area contributed by atoms with Crippen LogP contribution in [0.4, 0.5) is 4.79 Å². The van der Waals surface area contributed by atoms with Gasteiger partial charge >= 0.3 is 12.1 Å². The number of nitrogens with one attached hydrogen (secondary N) is 1. The Morgan fingerprint density at radius 2 is 1.96 bits per heavy atom. The number of hydrogen-bond donors (Lipinski definition) is 2. The molecule has 1 aromatic carbocycles. The Hall–Kier alpha value is -2.83. The van der Waals surface area contributed by atoms with Crippen LogP contribution in [0.5, 0.6) is 0 Å². The Bertz CT molecular complexity index is 682. The van der Waals surface area contributed by atoms with Crippen LogP contribution in [0.2, 0.25) is 0 Å². The van der Waals surface area contributed by atoms with Crippen molar-refractivity contribution in [2.24, 2.45) is 0 Å². The van der Waals surface area contributed by atoms with Gasteiger partial charge in [-0.25, -0.2) is 9.59 Å². The first-order valence-electron chi connectivity index (χ1n) is 7.68. The van der Waals surface area contributed by atoms with E-state index in [9.17, 15) is 14.7 Å². The Balaban J connectivity index is 1.90. The summed E-state index contributed by atoms with van der Waals surface area (Å²) >= 11 is 0. The van der Waals surface area contributed by atoms with Crippen LogP contribution < -0.4 is 5.32 Å². The lowest BCUT2D eigenvalue weighted by molar-refractivity contribution is -0.139. The molecule has 2 N–H and O–H groups in total. The molecule has 7 heteroatoms. The zero-order valence-electron chi connectivity index (χ0n) is 13.7. The first-order valence-corrected chi connectivity index (χ1v) is 7.68. The highest BCUT2D eigenvalue weighted by molar-refractivity contribution is 5.80. The van der Waals surface area contributed by atoms with Gasteiger partial charge in [-0.2, -0.15) is 5.10 Å². The van der Waals surface area contributed by atoms with Crippen LogP contribution in [0.3, 0.4) is 0 Å². The normalized spacial score (nSPS) is 12.0. The minimum atomic E-state index is -1.12. The lowest BCUT2D eigenvalue weighted by Crippen LogP contribution is -2.42. The van der Waals surface area contributed by atoms with Gasteiger partial charge in [0.1, 0.15) is 12.6 Å². The minimum absolute atomic E-state index is 0.0876. The fourth-order valence-corrected chi connectivity index (χ4v) is 2.11. The predicted octanol–water partition coefficient (Wildman–Crippen LogP) is 2.39. The van der Waals surface area contributed by atoms with E-state index in [4.69, 9.17) is 4.74 Å². The summed E-state index contributed by atoms with van der Waals surface area (Å²) in [5.74, 6) is -1.12. The number of alkyl carbamates (subject to hydrolysis) is 1. The monoisotopic (exact) mass is 331 g/mol. The molecule has 0 radical (unpaired) electrons. The van der Waals surface area contributed by atoms with Gasteiger partial charge in [-0.1, -0.05) is 30.3 Å². The number of nitrogens with zero attached hydrogens (tertiary/aromatic N) is 2. The lowest BCUT2D eigenvalue weighted by atomic mass is 10.1. The van der Waals surface area contributed by atoms with E-state index in [2.05, 4.69) is 10.4 Å². The highest BCUT2D eigenvalue weighted by Gasteiger charge is 2.22. The van der Waals surface area contributed by atoms with Crippen molar-refractivity contribution < 1.29 is 19.4 Å². The standard InChI is InChI=1S/C17H21N3O4/c1-12(2)20-10-14(9-18-20)8-15(16(21)22)19-17(23)24-11-13-6-4-3-5-7-13/h3-7,9-10,12,15H,8,11H2,1-2H3,(H,19,23)(H,21,22). The summed E-state index contributed by atoms with van der Waals surface area (Å²) in [5, 5.41) is 15.8. The lowest BCUT2D eigenvalue weighted by Gasteiger charge is -2.14. The molecule has 0 aliphatic rings. The molecule has 1 atom stereocenters. The molecule has 24 heavy (non-hydrogen) atoms. The SMILES string of the molecule is CC(C)n1cc(CC(NC(=O)OCc2ccccc2)C(=O)O)cn1. The van der Waals surface area contributed by atoms with Crippen LogP contribution in [-0.2, 0) is 22.6 Å². The molecule has 1 aromatic heterocycles. The third-order valence-electron chi connectivity index (χ3n) is 3.43. The van der Waals surface area contributed by atoms with Crippen molar-refractivity contribution in [3.63, 3.8) is 0 Å². The van der Waals surface area contributed by atoms with Crippen molar-refractivity contribution in [2.75, 3.05) is 0 Å². The van der Waals surface area contributed by atoms with E-state index in [1.807, 2.05) is 44.2 Å². The number of rotatable bonds is 7. The number of ether oxygens (including phenoxy) is 1. The summed E-state index contributed by atoms with van der Waals surface area (Å²) in [4.78, 5) is 23.2. The van der Waals surface area contributed by atoms with Gasteiger partial charge < -0.3 is 15.2 Å². The van der Waals surface area contributed by atoms with Gasteiger partial charge in [0.2, 0.25) is 0 Å². The molecule has 0 bridgehead atoms. The van der Waals surface area contributed by atoms with Crippen LogP contribution in [-0.4, -0.2) is 33.0 Å². The number of carbonyl (C=O) groups is 2. The highest BCUT2D eigenvalue weighted by atomic mass is 16.5. The molecule has 2 rings (SSSR count). The molecule has 1 heterocycles. The Morgan fingerprint density at radius 1 is 1.25 bits per heavy atom. The summed E-state index contributed by atoms with van der Waals surface area (Å²) in [7, 11) is 0. The van der Waals surface area contributed by atoms with Crippen LogP contribution in [0.15, 0.2) is 42.7 Å². The Morgan fingerprint density at radius 3 is 2.54 bits per heavy atom. The molecule has 0 fully saturated rings. The maximum absolute atomic E-state index is 11.8. The molecule has 1 unspecified atom stereocenters. The molecule has 0 aliphatic carbocycles. The van der Waals surface area contributed by atoms with Crippen LogP contribution in [0, 0.1) is 0 Å². The van der Waals surface area contributed by atoms with Crippen LogP contribution >= 0.6 is 0 Å². The molecule has 2 aromatic rings. The Kier molecular flexibility index (Phi) is 5.95. The van der Waals surface area contributed by atoms with Crippen LogP contribution in [0.1, 0.15) is 31.0 Å². The number of carboxylic acid groups (broad SMARTS) is 1. The summed E-state index contributed by atoms with van der Waals surface area (Å²) in [6.07, 6.45) is 2.76. The van der Waals surface area contributed by atoms with Gasteiger partial charge in [-0.15, -0.1) is 0 Å². The number of hydrogen-bond acceptors (Lipinski definition) is 4. The molecule has 1 amide bonds. The fraction of sp³-hybridized carbons (Fsp3) is 0.353. The third kappa shape index (κ3) is 5.12. The molecule has 0 aliphatic heterocycles. The maximum atomic E-state index is 11.8. The van der Waals surface area contributed by atoms with Gasteiger partial charge in [0.15, 0.2) is 0 Å². The second kappa shape index (κ2) is 8.14. The third-order valence-corrected chi connectivity index (χ3v) is 3.43. The van der Waals surface area contributed by atoms with Crippen molar-refractivity contribution in [1.29, 1.82) is 0 Å². The Labute approximate surface area is 140 Å². The van der Waals surface area contributed by atoms with Crippen molar-refractivity contribution in [1.82, 2.24) is 15.1 Å². The number of benzene rings is 1. The molecular weight excluding hydrogens is 310 g/mol. The van der Waals surface area contributed by atoms with E-state index < -0.39 is 18.1 Å². The summed E-state index contributed by atoms with van der Waals surface area (Å²) in [6, 6.07) is 8.29. The average Bonchev–Trinajstić information content (AvgIpc) is 3.02. The number of aromatic nitrogens is 2. The van der Waals surface area contributed by atoms with E-state index in [0.717, 1.165) is 11.1 Å². The summed E-state index contributed by atoms with van der Waals surface area (Å²) < 4.78 is 6.79. The molecule has 0 spiro atoms. The molecule has 128 valence electrons. The first kappa shape index (κ1) is 17.5. The van der Waals surface area contributed by atoms with Crippen molar-refractivity contribution in [2.45, 2.75) is 39.0 Å². The smallest absolute Gasteiger partial charge is 0.408 e. The second-order valence-corrected chi connectivity index (χ2v) is 5.72. The maximum Gasteiger partial charge on any atom is 0.408 e. The summed E-state index contributed by atoms with van der Waals surface area (Å²) in [6.45, 7) is 4.04. The number of carboxylic acids is 1. The van der Waals surface area contributed by atoms with Gasteiger partial charge in [0.25, 0.3) is 0 Å². The fourth-order valence-electron chi connectivity index (χ4n) is 2.11. The van der Waals surface area contributed by atoms with Gasteiger partial charge in [-0.05, 0) is 25.0 Å². The zero-order chi connectivity index (χ0) is 17.5. The van der Waals surface area contributed by atoms with Crippen LogP contribution in [0.25, 0.3) is 0 Å². The predicted molar refractivity (Wildman–Crippen MR) is 87.5 cm³/mol. The first-order chi connectivity index (χ1) is 11.5. The van der Waals surface area contributed by atoms with Gasteiger partial charge in [-0.3, -0.25) is 4.68 Å². The van der Waals surface area contributed by atoms with E-state index in [1.54, 1.807) is 17.1 Å². The highest BCUT2D eigenvalue weighted by Crippen LogP contribution is 2.08. The molecular formula is C17H21N3O4. The molecule has 7 nitrogen and oxygen atoms in total. The molecule has 0 saturated heterocycles. The number of amides is 1. The van der Waals surface area contributed by atoms with Crippen molar-refractivity contribution in [3.05, 3.63) is 53.9 Å². The van der Waals surface area contributed by atoms with E-state index in [0.29, 0.717) is 0 Å². The van der Waals surface area contributed by atoms with Gasteiger partial charge in [0, 0.05) is 18.7 Å². The largest absolute Gasteiger partial charge is 0.480 e. The topological polar surface area (TPSA) is 93.5 Å². The minimum Gasteiger partial charge on any atom is -0.480 e. The summed E-state index contributed by atoms with van der Waals surface area (Å²) in [5.41, 5.74) is 1.57. The second-order valence-electron chi connectivity index (χ2n) is 5.72. The quantitative estimate of drug-likeness (QED) is 0.812. The number of aliphatic carboxylic acids is 1. The van der Waals surface area contributed by atoms with E-state index >= 15 is 0 Å².